The minimum absolute atomic E-state index is 0.0203. The van der Waals surface area contributed by atoms with Crippen LogP contribution in [0, 0.1) is 11.6 Å². The minimum Gasteiger partial charge on any atom is -0.350 e. The van der Waals surface area contributed by atoms with Crippen molar-refractivity contribution in [2.75, 3.05) is 13.6 Å². The molecule has 1 amide bonds. The van der Waals surface area contributed by atoms with Crippen LogP contribution >= 0.6 is 0 Å². The fourth-order valence-electron chi connectivity index (χ4n) is 4.52. The zero-order chi connectivity index (χ0) is 23.4. The number of hydrogen-bond acceptors (Lipinski definition) is 3. The maximum atomic E-state index is 13.8. The molecule has 3 N–H and O–H groups in total. The van der Waals surface area contributed by atoms with Crippen LogP contribution < -0.4 is 10.9 Å². The first-order chi connectivity index (χ1) is 15.7. The summed E-state index contributed by atoms with van der Waals surface area (Å²) in [5.74, 6) is -1.89. The second-order valence-corrected chi connectivity index (χ2v) is 8.04. The monoisotopic (exact) mass is 458 g/mol. The third kappa shape index (κ3) is 3.46. The highest BCUT2D eigenvalue weighted by Gasteiger charge is 2.31. The Morgan fingerprint density at radius 2 is 1.82 bits per heavy atom. The Hall–Kier alpha value is -3.66. The Balaban J connectivity index is 1.59. The Labute approximate surface area is 184 Å². The van der Waals surface area contributed by atoms with Crippen LogP contribution in [-0.2, 0) is 6.54 Å². The summed E-state index contributed by atoms with van der Waals surface area (Å²) in [6.07, 6.45) is -2.90. The fraction of sp³-hybridized carbons (Fsp3) is 0.217. The number of pyridine rings is 1. The van der Waals surface area contributed by atoms with Crippen molar-refractivity contribution in [2.45, 2.75) is 19.0 Å². The first-order valence-electron chi connectivity index (χ1n) is 10.2. The van der Waals surface area contributed by atoms with Gasteiger partial charge >= 0.3 is 0 Å². The second-order valence-electron chi connectivity index (χ2n) is 8.04. The number of nitrogens with one attached hydrogen (secondary N) is 3. The molecular formula is C23H18F4N4O2. The van der Waals surface area contributed by atoms with Gasteiger partial charge in [-0.3, -0.25) is 9.59 Å². The molecule has 0 bridgehead atoms. The molecule has 6 nitrogen and oxygen atoms in total. The van der Waals surface area contributed by atoms with Gasteiger partial charge in [-0.1, -0.05) is 6.07 Å². The maximum Gasteiger partial charge on any atom is 0.270 e. The van der Waals surface area contributed by atoms with Gasteiger partial charge in [0.05, 0.1) is 11.4 Å². The predicted octanol–water partition coefficient (Wildman–Crippen LogP) is 4.14. The molecule has 0 spiro atoms. The number of fused-ring (bicyclic) bond motifs is 4. The summed E-state index contributed by atoms with van der Waals surface area (Å²) < 4.78 is 54.3. The van der Waals surface area contributed by atoms with Crippen molar-refractivity contribution in [1.29, 1.82) is 0 Å². The number of rotatable bonds is 3. The first-order valence-corrected chi connectivity index (χ1v) is 10.2. The summed E-state index contributed by atoms with van der Waals surface area (Å²) in [4.78, 5) is 32.6. The van der Waals surface area contributed by atoms with Gasteiger partial charge in [0.25, 0.3) is 17.9 Å². The minimum atomic E-state index is -2.90. The van der Waals surface area contributed by atoms with E-state index in [-0.39, 0.29) is 22.0 Å². The Bertz CT molecular complexity index is 1480. The van der Waals surface area contributed by atoms with E-state index in [1.165, 1.54) is 23.1 Å². The van der Waals surface area contributed by atoms with Crippen molar-refractivity contribution in [2.24, 2.45) is 0 Å². The molecule has 10 heteroatoms. The average Bonchev–Trinajstić information content (AvgIpc) is 3.21. The van der Waals surface area contributed by atoms with Gasteiger partial charge in [0.1, 0.15) is 17.3 Å². The van der Waals surface area contributed by atoms with E-state index in [4.69, 9.17) is 0 Å². The smallest absolute Gasteiger partial charge is 0.270 e. The van der Waals surface area contributed by atoms with Crippen LogP contribution in [0.5, 0.6) is 0 Å². The number of halogens is 4. The number of nitrogens with zero attached hydrogens (tertiary/aromatic N) is 1. The lowest BCUT2D eigenvalue weighted by atomic mass is 9.94. The Morgan fingerprint density at radius 3 is 2.58 bits per heavy atom. The van der Waals surface area contributed by atoms with Gasteiger partial charge < -0.3 is 20.2 Å². The van der Waals surface area contributed by atoms with Gasteiger partial charge in [0, 0.05) is 47.9 Å². The van der Waals surface area contributed by atoms with Gasteiger partial charge in [0.2, 0.25) is 0 Å². The van der Waals surface area contributed by atoms with Crippen LogP contribution in [0.15, 0.2) is 41.2 Å². The van der Waals surface area contributed by atoms with Crippen molar-refractivity contribution in [3.8, 4) is 0 Å². The van der Waals surface area contributed by atoms with Crippen LogP contribution in [-0.4, -0.2) is 34.4 Å². The van der Waals surface area contributed by atoms with Crippen LogP contribution in [0.1, 0.15) is 39.8 Å². The molecule has 3 heterocycles. The maximum absolute atomic E-state index is 13.8. The summed E-state index contributed by atoms with van der Waals surface area (Å²) in [5, 5.41) is 3.91. The lowest BCUT2D eigenvalue weighted by Gasteiger charge is -2.34. The molecule has 0 unspecified atom stereocenters. The summed E-state index contributed by atoms with van der Waals surface area (Å²) in [6, 6.07) is 6.46. The molecule has 1 atom stereocenters. The summed E-state index contributed by atoms with van der Waals surface area (Å²) in [6.45, 7) is 0.713. The van der Waals surface area contributed by atoms with E-state index in [0.717, 1.165) is 18.2 Å². The molecule has 2 aromatic carbocycles. The molecule has 0 fully saturated rings. The first kappa shape index (κ1) is 21.2. The summed E-state index contributed by atoms with van der Waals surface area (Å²) >= 11 is 0. The Morgan fingerprint density at radius 1 is 1.03 bits per heavy atom. The molecule has 170 valence electrons. The van der Waals surface area contributed by atoms with E-state index >= 15 is 0 Å². The number of aromatic amines is 2. The number of aromatic nitrogens is 2. The highest BCUT2D eigenvalue weighted by Crippen LogP contribution is 2.33. The van der Waals surface area contributed by atoms with Crippen molar-refractivity contribution < 1.29 is 22.4 Å². The van der Waals surface area contributed by atoms with Crippen molar-refractivity contribution >= 4 is 27.6 Å². The summed E-state index contributed by atoms with van der Waals surface area (Å²) in [7, 11) is 1.55. The number of alkyl halides is 2. The molecule has 33 heavy (non-hydrogen) atoms. The normalized spacial score (nSPS) is 15.9. The van der Waals surface area contributed by atoms with E-state index in [1.807, 2.05) is 0 Å². The molecule has 1 aliphatic heterocycles. The van der Waals surface area contributed by atoms with E-state index < -0.39 is 41.1 Å². The third-order valence-electron chi connectivity index (χ3n) is 6.07. The molecular weight excluding hydrogens is 440 g/mol. The number of carbonyl (C=O) groups excluding carboxylic acids is 1. The molecule has 1 aliphatic rings. The quantitative estimate of drug-likeness (QED) is 0.404. The molecule has 4 aromatic rings. The largest absolute Gasteiger partial charge is 0.350 e. The number of hydrogen-bond donors (Lipinski definition) is 3. The topological polar surface area (TPSA) is 81.0 Å². The molecule has 0 saturated heterocycles. The number of H-pyrrole nitrogens is 2. The zero-order valence-corrected chi connectivity index (χ0v) is 17.3. The second kappa shape index (κ2) is 7.73. The van der Waals surface area contributed by atoms with Crippen molar-refractivity contribution in [3.63, 3.8) is 0 Å². The van der Waals surface area contributed by atoms with Crippen molar-refractivity contribution in [1.82, 2.24) is 20.2 Å². The lowest BCUT2D eigenvalue weighted by molar-refractivity contribution is 0.0718. The molecule has 0 saturated carbocycles. The highest BCUT2D eigenvalue weighted by molar-refractivity contribution is 5.99. The zero-order valence-electron chi connectivity index (χ0n) is 17.3. The molecule has 0 radical (unpaired) electrons. The molecule has 2 aromatic heterocycles. The lowest BCUT2D eigenvalue weighted by Crippen LogP contribution is -2.42. The van der Waals surface area contributed by atoms with E-state index in [1.54, 1.807) is 7.05 Å². The van der Waals surface area contributed by atoms with Crippen LogP contribution in [0.3, 0.4) is 0 Å². The van der Waals surface area contributed by atoms with Gasteiger partial charge in [-0.05, 0) is 35.7 Å². The standard InChI is InChI=1S/C23H18F4N4O2/c1-31(23(33)17-7-13-14(21(26)27)5-11(25)6-16(13)29-17)19-9-28-8-18-20(19)12-3-2-10(24)4-15(12)22(32)30-18/h2-7,19,21,28-29H,8-9H2,1H3,(H,30,32)/t19-/m0/s1. The van der Waals surface area contributed by atoms with E-state index in [9.17, 15) is 27.2 Å². The fourth-order valence-corrected chi connectivity index (χ4v) is 4.52. The van der Waals surface area contributed by atoms with Gasteiger partial charge in [-0.15, -0.1) is 0 Å². The van der Waals surface area contributed by atoms with E-state index in [0.29, 0.717) is 29.7 Å². The number of carbonyl (C=O) groups is 1. The van der Waals surface area contributed by atoms with E-state index in [2.05, 4.69) is 15.3 Å². The van der Waals surface area contributed by atoms with Gasteiger partial charge in [-0.2, -0.15) is 0 Å². The van der Waals surface area contributed by atoms with Gasteiger partial charge in [-0.25, -0.2) is 17.6 Å². The van der Waals surface area contributed by atoms with Crippen LogP contribution in [0.2, 0.25) is 0 Å². The SMILES string of the molecule is CN(C(=O)c1cc2c(C(F)F)cc(F)cc2[nH]1)[C@H]1CNCc2[nH]c(=O)c3cc(F)ccc3c21. The number of benzene rings is 2. The number of likely N-dealkylation sites (N-methyl/N-ethyl adjacent to an activating group) is 1. The Kier molecular flexibility index (Phi) is 4.97. The number of amides is 1. The highest BCUT2D eigenvalue weighted by atomic mass is 19.3. The molecule has 0 aliphatic carbocycles. The van der Waals surface area contributed by atoms with Crippen LogP contribution in [0.25, 0.3) is 21.7 Å². The predicted molar refractivity (Wildman–Crippen MR) is 114 cm³/mol. The van der Waals surface area contributed by atoms with Crippen molar-refractivity contribution in [3.05, 3.63) is 80.9 Å². The van der Waals surface area contributed by atoms with Crippen LogP contribution in [0.4, 0.5) is 17.6 Å². The average molecular weight is 458 g/mol. The summed E-state index contributed by atoms with van der Waals surface area (Å²) in [5.41, 5.74) is 0.430. The van der Waals surface area contributed by atoms with Gasteiger partial charge in [0.15, 0.2) is 0 Å². The third-order valence-corrected chi connectivity index (χ3v) is 6.07. The molecule has 5 rings (SSSR count).